The van der Waals surface area contributed by atoms with Crippen LogP contribution in [0.4, 0.5) is 13.2 Å². The lowest BCUT2D eigenvalue weighted by Gasteiger charge is -2.21. The van der Waals surface area contributed by atoms with Crippen molar-refractivity contribution in [2.75, 3.05) is 11.9 Å². The Kier molecular flexibility index (Phi) is 4.46. The van der Waals surface area contributed by atoms with Gasteiger partial charge in [-0.15, -0.1) is 0 Å². The van der Waals surface area contributed by atoms with Crippen molar-refractivity contribution in [3.8, 4) is 0 Å². The van der Waals surface area contributed by atoms with E-state index in [1.807, 2.05) is 0 Å². The van der Waals surface area contributed by atoms with Gasteiger partial charge in [0.1, 0.15) is 0 Å². The van der Waals surface area contributed by atoms with E-state index in [9.17, 15) is 21.6 Å². The van der Waals surface area contributed by atoms with Crippen molar-refractivity contribution in [3.63, 3.8) is 0 Å². The first-order valence-corrected chi connectivity index (χ1v) is 8.58. The molecule has 8 heteroatoms. The van der Waals surface area contributed by atoms with Crippen LogP contribution in [0.15, 0.2) is 29.2 Å². The number of rotatable bonds is 5. The quantitative estimate of drug-likeness (QED) is 0.745. The molecular formula is C12H13BrF3NO2S. The summed E-state index contributed by atoms with van der Waals surface area (Å²) in [7, 11) is -3.88. The molecule has 1 aromatic carbocycles. The molecule has 0 aliphatic heterocycles. The average Bonchev–Trinajstić information content (AvgIpc) is 3.19. The maximum absolute atomic E-state index is 12.7. The molecule has 20 heavy (non-hydrogen) atoms. The van der Waals surface area contributed by atoms with E-state index < -0.39 is 21.8 Å². The fourth-order valence-electron chi connectivity index (χ4n) is 1.91. The molecule has 0 N–H and O–H groups in total. The monoisotopic (exact) mass is 371 g/mol. The Morgan fingerprint density at radius 2 is 1.95 bits per heavy atom. The van der Waals surface area contributed by atoms with Gasteiger partial charge in [0.25, 0.3) is 0 Å². The molecule has 0 amide bonds. The van der Waals surface area contributed by atoms with Crippen molar-refractivity contribution in [3.05, 3.63) is 29.8 Å². The number of nitrogens with zero attached hydrogens (tertiary/aromatic N) is 1. The summed E-state index contributed by atoms with van der Waals surface area (Å²) in [6.45, 7) is 0.253. The fourth-order valence-corrected chi connectivity index (χ4v) is 4.26. The molecule has 2 rings (SSSR count). The summed E-state index contributed by atoms with van der Waals surface area (Å²) in [6, 6.07) is 3.79. The predicted molar refractivity (Wildman–Crippen MR) is 72.2 cm³/mol. The Balaban J connectivity index is 2.38. The van der Waals surface area contributed by atoms with Gasteiger partial charge in [-0.1, -0.05) is 22.0 Å². The summed E-state index contributed by atoms with van der Waals surface area (Å²) in [5, 5.41) is 0.446. The highest BCUT2D eigenvalue weighted by Gasteiger charge is 2.38. The van der Waals surface area contributed by atoms with Crippen LogP contribution < -0.4 is 0 Å². The van der Waals surface area contributed by atoms with Crippen LogP contribution in [0.2, 0.25) is 0 Å². The second kappa shape index (κ2) is 5.65. The van der Waals surface area contributed by atoms with E-state index in [1.165, 1.54) is 10.4 Å². The number of hydrogen-bond donors (Lipinski definition) is 0. The van der Waals surface area contributed by atoms with Gasteiger partial charge in [-0.3, -0.25) is 0 Å². The Morgan fingerprint density at radius 1 is 1.30 bits per heavy atom. The van der Waals surface area contributed by atoms with Crippen LogP contribution >= 0.6 is 15.9 Å². The summed E-state index contributed by atoms with van der Waals surface area (Å²) in [5.74, 6) is 0. The van der Waals surface area contributed by atoms with E-state index in [4.69, 9.17) is 0 Å². The number of alkyl halides is 4. The lowest BCUT2D eigenvalue weighted by molar-refractivity contribution is -0.137. The van der Waals surface area contributed by atoms with Crippen LogP contribution in [0.1, 0.15) is 18.4 Å². The van der Waals surface area contributed by atoms with Crippen LogP contribution in [-0.2, 0) is 16.2 Å². The minimum Gasteiger partial charge on any atom is -0.207 e. The molecule has 1 aromatic rings. The van der Waals surface area contributed by atoms with Crippen molar-refractivity contribution in [1.82, 2.24) is 4.31 Å². The SMILES string of the molecule is O=S(=O)(c1cccc(C(F)(F)F)c1)N(CCBr)C1CC1. The third-order valence-electron chi connectivity index (χ3n) is 3.03. The van der Waals surface area contributed by atoms with Gasteiger partial charge in [0.05, 0.1) is 10.5 Å². The van der Waals surface area contributed by atoms with Crippen molar-refractivity contribution < 1.29 is 21.6 Å². The van der Waals surface area contributed by atoms with Gasteiger partial charge >= 0.3 is 6.18 Å². The first-order valence-electron chi connectivity index (χ1n) is 6.02. The summed E-state index contributed by atoms with van der Waals surface area (Å²) in [5.41, 5.74) is -0.951. The fraction of sp³-hybridized carbons (Fsp3) is 0.500. The lowest BCUT2D eigenvalue weighted by Crippen LogP contribution is -2.34. The highest BCUT2D eigenvalue weighted by molar-refractivity contribution is 9.09. The molecule has 1 aliphatic carbocycles. The van der Waals surface area contributed by atoms with E-state index in [0.29, 0.717) is 11.4 Å². The average molecular weight is 372 g/mol. The van der Waals surface area contributed by atoms with Crippen LogP contribution in [0, 0.1) is 0 Å². The zero-order valence-corrected chi connectivity index (χ0v) is 12.8. The zero-order chi connectivity index (χ0) is 15.0. The van der Waals surface area contributed by atoms with E-state index in [0.717, 1.165) is 25.0 Å². The van der Waals surface area contributed by atoms with Crippen LogP contribution in [0.25, 0.3) is 0 Å². The smallest absolute Gasteiger partial charge is 0.207 e. The minimum atomic E-state index is -4.55. The number of benzene rings is 1. The lowest BCUT2D eigenvalue weighted by atomic mass is 10.2. The van der Waals surface area contributed by atoms with Gasteiger partial charge in [0.15, 0.2) is 0 Å². The van der Waals surface area contributed by atoms with E-state index >= 15 is 0 Å². The second-order valence-electron chi connectivity index (χ2n) is 4.56. The highest BCUT2D eigenvalue weighted by Crippen LogP contribution is 2.34. The molecule has 0 spiro atoms. The topological polar surface area (TPSA) is 37.4 Å². The Bertz CT molecular complexity index is 585. The maximum Gasteiger partial charge on any atom is 0.416 e. The number of halogens is 4. The van der Waals surface area contributed by atoms with Crippen molar-refractivity contribution >= 4 is 26.0 Å². The van der Waals surface area contributed by atoms with Gasteiger partial charge in [-0.25, -0.2) is 8.42 Å². The second-order valence-corrected chi connectivity index (χ2v) is 7.25. The molecule has 0 saturated heterocycles. The molecule has 1 saturated carbocycles. The van der Waals surface area contributed by atoms with Gasteiger partial charge < -0.3 is 0 Å². The molecule has 0 heterocycles. The molecule has 3 nitrogen and oxygen atoms in total. The Labute approximate surface area is 123 Å². The third kappa shape index (κ3) is 3.35. The van der Waals surface area contributed by atoms with Gasteiger partial charge in [-0.05, 0) is 31.0 Å². The number of hydrogen-bond acceptors (Lipinski definition) is 2. The summed E-state index contributed by atoms with van der Waals surface area (Å²) < 4.78 is 64.1. The predicted octanol–water partition coefficient (Wildman–Crippen LogP) is 3.25. The van der Waals surface area contributed by atoms with E-state index in [1.54, 1.807) is 0 Å². The first kappa shape index (κ1) is 15.8. The first-order chi connectivity index (χ1) is 9.26. The minimum absolute atomic E-state index is 0.0907. The molecule has 0 aromatic heterocycles. The van der Waals surface area contributed by atoms with Crippen molar-refractivity contribution in [2.24, 2.45) is 0 Å². The van der Waals surface area contributed by atoms with Gasteiger partial charge in [0.2, 0.25) is 10.0 Å². The summed E-state index contributed by atoms with van der Waals surface area (Å²) >= 11 is 3.17. The molecule has 0 unspecified atom stereocenters. The molecular weight excluding hydrogens is 359 g/mol. The van der Waals surface area contributed by atoms with Crippen LogP contribution in [-0.4, -0.2) is 30.6 Å². The summed E-state index contributed by atoms with van der Waals surface area (Å²) in [4.78, 5) is -0.305. The summed E-state index contributed by atoms with van der Waals surface area (Å²) in [6.07, 6.45) is -3.04. The molecule has 1 aliphatic rings. The normalized spacial score (nSPS) is 16.6. The standard InChI is InChI=1S/C12H13BrF3NO2S/c13-6-7-17(10-4-5-10)20(18,19)11-3-1-2-9(8-11)12(14,15)16/h1-3,8,10H,4-7H2. The molecule has 1 fully saturated rings. The van der Waals surface area contributed by atoms with Crippen molar-refractivity contribution in [1.29, 1.82) is 0 Å². The maximum atomic E-state index is 12.7. The Hall–Kier alpha value is -0.600. The van der Waals surface area contributed by atoms with Crippen molar-refractivity contribution in [2.45, 2.75) is 30.0 Å². The Morgan fingerprint density at radius 3 is 2.45 bits per heavy atom. The molecule has 112 valence electrons. The molecule has 0 radical (unpaired) electrons. The van der Waals surface area contributed by atoms with Crippen LogP contribution in [0.5, 0.6) is 0 Å². The molecule has 0 atom stereocenters. The van der Waals surface area contributed by atoms with Gasteiger partial charge in [0, 0.05) is 17.9 Å². The van der Waals surface area contributed by atoms with Crippen LogP contribution in [0.3, 0.4) is 0 Å². The van der Waals surface area contributed by atoms with E-state index in [-0.39, 0.29) is 17.5 Å². The van der Waals surface area contributed by atoms with Gasteiger partial charge in [-0.2, -0.15) is 17.5 Å². The third-order valence-corrected chi connectivity index (χ3v) is 5.33. The van der Waals surface area contributed by atoms with E-state index in [2.05, 4.69) is 15.9 Å². The largest absolute Gasteiger partial charge is 0.416 e. The zero-order valence-electron chi connectivity index (χ0n) is 10.4. The number of sulfonamides is 1. The highest BCUT2D eigenvalue weighted by atomic mass is 79.9. The molecule has 0 bridgehead atoms.